The number of imidazole rings is 1. The zero-order chi connectivity index (χ0) is 12.5. The highest BCUT2D eigenvalue weighted by molar-refractivity contribution is 9.10. The van der Waals surface area contributed by atoms with Crippen molar-refractivity contribution in [2.24, 2.45) is 0 Å². The second-order valence-electron chi connectivity index (χ2n) is 4.31. The Morgan fingerprint density at radius 2 is 2.11 bits per heavy atom. The van der Waals surface area contributed by atoms with Crippen LogP contribution in [0.15, 0.2) is 29.0 Å². The van der Waals surface area contributed by atoms with Gasteiger partial charge >= 0.3 is 0 Å². The van der Waals surface area contributed by atoms with Crippen molar-refractivity contribution < 1.29 is 4.39 Å². The monoisotopic (exact) mass is 346 g/mol. The van der Waals surface area contributed by atoms with Crippen LogP contribution >= 0.6 is 28.3 Å². The van der Waals surface area contributed by atoms with Crippen LogP contribution in [0, 0.1) is 0 Å². The lowest BCUT2D eigenvalue weighted by atomic mass is 10.2. The number of nitrogens with one attached hydrogen (secondary N) is 2. The molecule has 0 spiro atoms. The largest absolute Gasteiger partial charge is 0.347 e. The number of aromatic amines is 1. The van der Waals surface area contributed by atoms with E-state index in [4.69, 9.17) is 0 Å². The van der Waals surface area contributed by atoms with Crippen LogP contribution in [0.25, 0.3) is 11.4 Å². The summed E-state index contributed by atoms with van der Waals surface area (Å²) in [5, 5.41) is 3.10. The Kier molecular flexibility index (Phi) is 4.54. The third-order valence-electron chi connectivity index (χ3n) is 2.98. The number of nitrogens with zero attached hydrogens (tertiary/aromatic N) is 2. The second-order valence-corrected chi connectivity index (χ2v) is 5.12. The molecule has 1 saturated heterocycles. The fourth-order valence-electron chi connectivity index (χ4n) is 2.10. The van der Waals surface area contributed by atoms with Crippen molar-refractivity contribution in [1.29, 1.82) is 0 Å². The molecular weight excluding hydrogens is 335 g/mol. The molecule has 2 aromatic rings. The molecule has 0 saturated carbocycles. The fourth-order valence-corrected chi connectivity index (χ4v) is 2.44. The first-order valence-electron chi connectivity index (χ1n) is 5.78. The summed E-state index contributed by atoms with van der Waals surface area (Å²) < 4.78 is 13.9. The molecule has 3 rings (SSSR count). The molecule has 1 aliphatic rings. The summed E-state index contributed by atoms with van der Waals surface area (Å²) in [6, 6.07) is 5.64. The van der Waals surface area contributed by atoms with Gasteiger partial charge in [0.05, 0.1) is 11.7 Å². The lowest BCUT2D eigenvalue weighted by Gasteiger charge is -2.04. The number of aromatic nitrogens is 3. The molecule has 0 amide bonds. The maximum Gasteiger partial charge on any atom is 0.124 e. The van der Waals surface area contributed by atoms with Gasteiger partial charge in [-0.2, -0.15) is 0 Å². The van der Waals surface area contributed by atoms with E-state index in [1.54, 1.807) is 6.20 Å². The molecule has 0 aromatic carbocycles. The van der Waals surface area contributed by atoms with Gasteiger partial charge in [-0.05, 0) is 28.1 Å². The van der Waals surface area contributed by atoms with Gasteiger partial charge in [0.15, 0.2) is 0 Å². The molecule has 4 nitrogen and oxygen atoms in total. The number of rotatable bonds is 2. The minimum absolute atomic E-state index is 0. The highest BCUT2D eigenvalue weighted by Gasteiger charge is 2.27. The number of pyridine rings is 1. The molecule has 0 aliphatic carbocycles. The first-order chi connectivity index (χ1) is 8.72. The average molecular weight is 348 g/mol. The van der Waals surface area contributed by atoms with Crippen LogP contribution in [-0.2, 0) is 0 Å². The predicted octanol–water partition coefficient (Wildman–Crippen LogP) is 3.03. The highest BCUT2D eigenvalue weighted by atomic mass is 79.9. The molecule has 1 fully saturated rings. The molecule has 0 unspecified atom stereocenters. The normalized spacial score (nSPS) is 22.2. The Morgan fingerprint density at radius 3 is 2.79 bits per heavy atom. The molecule has 1 aliphatic heterocycles. The summed E-state index contributed by atoms with van der Waals surface area (Å²) in [6.07, 6.45) is 1.49. The summed E-state index contributed by atoms with van der Waals surface area (Å²) in [6.45, 7) is 0.399. The van der Waals surface area contributed by atoms with Gasteiger partial charge in [0.25, 0.3) is 0 Å². The van der Waals surface area contributed by atoms with Crippen LogP contribution in [0.4, 0.5) is 4.39 Å². The number of alkyl halides is 1. The Bertz CT molecular complexity index is 562. The number of halogens is 3. The average Bonchev–Trinajstić information content (AvgIpc) is 2.97. The van der Waals surface area contributed by atoms with Crippen molar-refractivity contribution in [3.05, 3.63) is 34.8 Å². The van der Waals surface area contributed by atoms with Gasteiger partial charge in [-0.3, -0.25) is 0 Å². The smallest absolute Gasteiger partial charge is 0.124 e. The predicted molar refractivity (Wildman–Crippen MR) is 77.0 cm³/mol. The van der Waals surface area contributed by atoms with Gasteiger partial charge in [-0.25, -0.2) is 14.4 Å². The summed E-state index contributed by atoms with van der Waals surface area (Å²) in [5.74, 6) is 0.770. The van der Waals surface area contributed by atoms with Gasteiger partial charge < -0.3 is 10.3 Å². The van der Waals surface area contributed by atoms with Crippen LogP contribution in [0.2, 0.25) is 0 Å². The van der Waals surface area contributed by atoms with Gasteiger partial charge in [0.2, 0.25) is 0 Å². The van der Waals surface area contributed by atoms with Crippen molar-refractivity contribution in [1.82, 2.24) is 20.3 Å². The van der Waals surface area contributed by atoms with E-state index in [9.17, 15) is 4.39 Å². The van der Waals surface area contributed by atoms with Crippen LogP contribution in [-0.4, -0.2) is 27.7 Å². The van der Waals surface area contributed by atoms with E-state index in [0.29, 0.717) is 13.0 Å². The minimum atomic E-state index is -0.785. The molecule has 2 aromatic heterocycles. The zero-order valence-corrected chi connectivity index (χ0v) is 12.3. The summed E-state index contributed by atoms with van der Waals surface area (Å²) >= 11 is 3.33. The number of hydrogen-bond donors (Lipinski definition) is 2. The quantitative estimate of drug-likeness (QED) is 0.821. The van der Waals surface area contributed by atoms with Crippen molar-refractivity contribution >= 4 is 28.3 Å². The Hall–Kier alpha value is -0.980. The van der Waals surface area contributed by atoms with E-state index in [0.717, 1.165) is 21.8 Å². The van der Waals surface area contributed by atoms with Crippen LogP contribution in [0.3, 0.4) is 0 Å². The van der Waals surface area contributed by atoms with E-state index >= 15 is 0 Å². The molecule has 19 heavy (non-hydrogen) atoms. The summed E-state index contributed by atoms with van der Waals surface area (Å²) in [7, 11) is 0. The van der Waals surface area contributed by atoms with E-state index in [2.05, 4.69) is 36.2 Å². The van der Waals surface area contributed by atoms with Crippen LogP contribution in [0.1, 0.15) is 18.3 Å². The van der Waals surface area contributed by atoms with E-state index < -0.39 is 6.17 Å². The topological polar surface area (TPSA) is 53.6 Å². The zero-order valence-electron chi connectivity index (χ0n) is 9.94. The van der Waals surface area contributed by atoms with Crippen LogP contribution in [0.5, 0.6) is 0 Å². The van der Waals surface area contributed by atoms with E-state index in [-0.39, 0.29) is 18.4 Å². The molecule has 102 valence electrons. The molecule has 0 radical (unpaired) electrons. The van der Waals surface area contributed by atoms with Crippen molar-refractivity contribution in [3.63, 3.8) is 0 Å². The second kappa shape index (κ2) is 5.98. The summed E-state index contributed by atoms with van der Waals surface area (Å²) in [4.78, 5) is 11.9. The van der Waals surface area contributed by atoms with Crippen molar-refractivity contribution in [3.8, 4) is 11.4 Å². The van der Waals surface area contributed by atoms with Crippen molar-refractivity contribution in [2.45, 2.75) is 18.6 Å². The number of H-pyrrole nitrogens is 1. The molecule has 2 N–H and O–H groups in total. The summed E-state index contributed by atoms with van der Waals surface area (Å²) in [5.41, 5.74) is 1.57. The fraction of sp³-hybridized carbons (Fsp3) is 0.333. The van der Waals surface area contributed by atoms with Crippen molar-refractivity contribution in [2.75, 3.05) is 6.54 Å². The SMILES string of the molecule is Cl.F[C@H]1CN[C@H](c2nc(-c3cccc(Br)n3)c[nH]2)C1. The van der Waals surface area contributed by atoms with Gasteiger partial charge in [-0.15, -0.1) is 12.4 Å². The van der Waals surface area contributed by atoms with E-state index in [1.165, 1.54) is 0 Å². The molecular formula is C12H13BrClFN4. The Balaban J connectivity index is 0.00000133. The maximum absolute atomic E-state index is 13.1. The third kappa shape index (κ3) is 3.13. The highest BCUT2D eigenvalue weighted by Crippen LogP contribution is 2.25. The first kappa shape index (κ1) is 14.4. The lowest BCUT2D eigenvalue weighted by molar-refractivity contribution is 0.355. The standard InChI is InChI=1S/C12H12BrFN4.ClH/c13-11-3-1-2-8(17-11)10-6-16-12(18-10)9-4-7(14)5-15-9;/h1-3,6-7,9,15H,4-5H2,(H,16,18);1H/t7-,9+;/m1./s1. The van der Waals surface area contributed by atoms with Gasteiger partial charge in [0.1, 0.15) is 22.3 Å². The Morgan fingerprint density at radius 1 is 1.26 bits per heavy atom. The first-order valence-corrected chi connectivity index (χ1v) is 6.57. The van der Waals surface area contributed by atoms with Gasteiger partial charge in [0, 0.05) is 19.2 Å². The molecule has 2 atom stereocenters. The maximum atomic E-state index is 13.1. The van der Waals surface area contributed by atoms with E-state index in [1.807, 2.05) is 18.2 Å². The molecule has 3 heterocycles. The lowest BCUT2D eigenvalue weighted by Crippen LogP contribution is -2.14. The molecule has 0 bridgehead atoms. The third-order valence-corrected chi connectivity index (χ3v) is 3.42. The van der Waals surface area contributed by atoms with Gasteiger partial charge in [-0.1, -0.05) is 6.07 Å². The molecule has 7 heteroatoms. The Labute approximate surface area is 124 Å². The minimum Gasteiger partial charge on any atom is -0.347 e. The number of hydrogen-bond acceptors (Lipinski definition) is 3. The van der Waals surface area contributed by atoms with Crippen LogP contribution < -0.4 is 5.32 Å².